The molecule has 2 aromatic rings. The standard InChI is InChI=1S/C18H23N3O2/c1-18(2,3)23-17(22)21-12-9-8-11(10-12)15(21)16-19-13-6-4-5-7-14(13)20-16/h4-7,11-12,15H,8-10H2,1-3H3,(H,19,20). The smallest absolute Gasteiger partial charge is 0.411 e. The van der Waals surface area contributed by atoms with E-state index in [9.17, 15) is 4.79 Å². The Kier molecular flexibility index (Phi) is 3.15. The molecule has 1 aliphatic heterocycles. The number of aromatic amines is 1. The van der Waals surface area contributed by atoms with E-state index >= 15 is 0 Å². The van der Waals surface area contributed by atoms with Crippen LogP contribution in [0, 0.1) is 5.92 Å². The molecule has 5 nitrogen and oxygen atoms in total. The molecule has 2 bridgehead atoms. The number of aromatic nitrogens is 2. The van der Waals surface area contributed by atoms with Crippen LogP contribution >= 0.6 is 0 Å². The van der Waals surface area contributed by atoms with E-state index in [1.807, 2.05) is 49.9 Å². The topological polar surface area (TPSA) is 58.2 Å². The van der Waals surface area contributed by atoms with Gasteiger partial charge in [-0.1, -0.05) is 12.1 Å². The predicted octanol–water partition coefficient (Wildman–Crippen LogP) is 4.02. The number of nitrogens with one attached hydrogen (secondary N) is 1. The minimum absolute atomic E-state index is 0.0102. The molecule has 1 aromatic heterocycles. The lowest BCUT2D eigenvalue weighted by Gasteiger charge is -2.35. The fourth-order valence-electron chi connectivity index (χ4n) is 4.03. The number of benzene rings is 1. The van der Waals surface area contributed by atoms with Gasteiger partial charge in [0, 0.05) is 6.04 Å². The summed E-state index contributed by atoms with van der Waals surface area (Å²) >= 11 is 0. The van der Waals surface area contributed by atoms with Crippen molar-refractivity contribution in [3.63, 3.8) is 0 Å². The second-order valence-corrected chi connectivity index (χ2v) is 7.70. The van der Waals surface area contributed by atoms with Crippen molar-refractivity contribution in [3.8, 4) is 0 Å². The van der Waals surface area contributed by atoms with Crippen molar-refractivity contribution < 1.29 is 9.53 Å². The maximum atomic E-state index is 12.7. The van der Waals surface area contributed by atoms with E-state index in [1.54, 1.807) is 0 Å². The van der Waals surface area contributed by atoms with E-state index in [0.717, 1.165) is 36.1 Å². The molecule has 2 aliphatic rings. The van der Waals surface area contributed by atoms with Gasteiger partial charge in [-0.2, -0.15) is 0 Å². The van der Waals surface area contributed by atoms with Crippen LogP contribution in [0.5, 0.6) is 0 Å². The summed E-state index contributed by atoms with van der Waals surface area (Å²) in [6, 6.07) is 8.30. The number of para-hydroxylation sites is 2. The zero-order valence-electron chi connectivity index (χ0n) is 13.9. The largest absolute Gasteiger partial charge is 0.444 e. The fraction of sp³-hybridized carbons (Fsp3) is 0.556. The Morgan fingerprint density at radius 3 is 2.83 bits per heavy atom. The Morgan fingerprint density at radius 2 is 2.09 bits per heavy atom. The van der Waals surface area contributed by atoms with E-state index in [1.165, 1.54) is 0 Å². The predicted molar refractivity (Wildman–Crippen MR) is 88.0 cm³/mol. The van der Waals surface area contributed by atoms with Gasteiger partial charge < -0.3 is 9.72 Å². The minimum atomic E-state index is -0.475. The van der Waals surface area contributed by atoms with Crippen molar-refractivity contribution in [2.24, 2.45) is 5.92 Å². The Morgan fingerprint density at radius 1 is 1.30 bits per heavy atom. The lowest BCUT2D eigenvalue weighted by molar-refractivity contribution is 0.00623. The second-order valence-electron chi connectivity index (χ2n) is 7.70. The van der Waals surface area contributed by atoms with E-state index in [2.05, 4.69) is 4.98 Å². The summed E-state index contributed by atoms with van der Waals surface area (Å²) in [6.45, 7) is 5.74. The monoisotopic (exact) mass is 313 g/mol. The molecule has 1 aromatic carbocycles. The first-order valence-electron chi connectivity index (χ1n) is 8.38. The molecule has 23 heavy (non-hydrogen) atoms. The molecule has 1 aliphatic carbocycles. The van der Waals surface area contributed by atoms with Gasteiger partial charge in [0.25, 0.3) is 0 Å². The average molecular weight is 313 g/mol. The summed E-state index contributed by atoms with van der Waals surface area (Å²) < 4.78 is 5.65. The van der Waals surface area contributed by atoms with E-state index in [4.69, 9.17) is 9.72 Å². The van der Waals surface area contributed by atoms with Crippen LogP contribution in [0.15, 0.2) is 24.3 Å². The number of nitrogens with zero attached hydrogens (tertiary/aromatic N) is 2. The number of ether oxygens (including phenoxy) is 1. The van der Waals surface area contributed by atoms with Gasteiger partial charge in [-0.15, -0.1) is 0 Å². The molecular weight excluding hydrogens is 290 g/mol. The van der Waals surface area contributed by atoms with Gasteiger partial charge in [0.15, 0.2) is 0 Å². The second kappa shape index (κ2) is 4.98. The number of amides is 1. The number of carbonyl (C=O) groups is 1. The molecule has 2 heterocycles. The zero-order chi connectivity index (χ0) is 16.2. The minimum Gasteiger partial charge on any atom is -0.444 e. The Balaban J connectivity index is 1.68. The summed E-state index contributed by atoms with van der Waals surface area (Å²) in [5.41, 5.74) is 1.50. The van der Waals surface area contributed by atoms with Gasteiger partial charge >= 0.3 is 6.09 Å². The third-order valence-corrected chi connectivity index (χ3v) is 4.88. The molecule has 0 radical (unpaired) electrons. The number of piperidine rings is 1. The van der Waals surface area contributed by atoms with Crippen molar-refractivity contribution in [1.82, 2.24) is 14.9 Å². The molecule has 3 atom stereocenters. The molecule has 3 unspecified atom stereocenters. The van der Waals surface area contributed by atoms with Gasteiger partial charge in [0.1, 0.15) is 11.4 Å². The van der Waals surface area contributed by atoms with E-state index in [-0.39, 0.29) is 18.2 Å². The Bertz CT molecular complexity index is 713. The summed E-state index contributed by atoms with van der Waals surface area (Å²) in [4.78, 5) is 22.8. The highest BCUT2D eigenvalue weighted by atomic mass is 16.6. The number of likely N-dealkylation sites (tertiary alicyclic amines) is 1. The molecule has 1 N–H and O–H groups in total. The SMILES string of the molecule is CC(C)(C)OC(=O)N1C2CCC(C2)C1c1nc2ccccc2[nH]1. The van der Waals surface area contributed by atoms with Crippen LogP contribution in [0.2, 0.25) is 0 Å². The highest BCUT2D eigenvalue weighted by Gasteiger charge is 2.51. The number of hydrogen-bond acceptors (Lipinski definition) is 3. The first-order valence-corrected chi connectivity index (χ1v) is 8.38. The van der Waals surface area contributed by atoms with Crippen molar-refractivity contribution in [2.45, 2.75) is 57.7 Å². The number of H-pyrrole nitrogens is 1. The highest BCUT2D eigenvalue weighted by molar-refractivity contribution is 5.75. The molecule has 0 spiro atoms. The zero-order valence-corrected chi connectivity index (χ0v) is 13.9. The third kappa shape index (κ3) is 2.48. The molecule has 1 saturated carbocycles. The molecule has 122 valence electrons. The summed E-state index contributed by atoms with van der Waals surface area (Å²) in [5.74, 6) is 1.37. The molecule has 5 heteroatoms. The first kappa shape index (κ1) is 14.5. The number of carbonyl (C=O) groups excluding carboxylic acids is 1. The average Bonchev–Trinajstić information content (AvgIpc) is 3.17. The van der Waals surface area contributed by atoms with Crippen LogP contribution < -0.4 is 0 Å². The van der Waals surface area contributed by atoms with Crippen LogP contribution in [-0.2, 0) is 4.74 Å². The lowest BCUT2D eigenvalue weighted by atomic mass is 9.98. The molecule has 1 saturated heterocycles. The van der Waals surface area contributed by atoms with Crippen LogP contribution in [-0.4, -0.2) is 32.6 Å². The van der Waals surface area contributed by atoms with Gasteiger partial charge in [-0.3, -0.25) is 4.90 Å². The normalized spacial score (nSPS) is 26.9. The molecular formula is C18H23N3O2. The van der Waals surface area contributed by atoms with Gasteiger partial charge in [-0.05, 0) is 58.1 Å². The third-order valence-electron chi connectivity index (χ3n) is 4.88. The number of hydrogen-bond donors (Lipinski definition) is 1. The van der Waals surface area contributed by atoms with Gasteiger partial charge in [0.2, 0.25) is 0 Å². The van der Waals surface area contributed by atoms with Crippen molar-refractivity contribution >= 4 is 17.1 Å². The van der Waals surface area contributed by atoms with Crippen LogP contribution in [0.4, 0.5) is 4.79 Å². The van der Waals surface area contributed by atoms with E-state index in [0.29, 0.717) is 5.92 Å². The number of rotatable bonds is 1. The first-order chi connectivity index (χ1) is 10.9. The highest BCUT2D eigenvalue weighted by Crippen LogP contribution is 2.50. The van der Waals surface area contributed by atoms with Crippen molar-refractivity contribution in [1.29, 1.82) is 0 Å². The van der Waals surface area contributed by atoms with Crippen molar-refractivity contribution in [3.05, 3.63) is 30.1 Å². The van der Waals surface area contributed by atoms with Crippen LogP contribution in [0.1, 0.15) is 51.9 Å². The summed E-state index contributed by atoms with van der Waals surface area (Å²) in [7, 11) is 0. The summed E-state index contributed by atoms with van der Waals surface area (Å²) in [6.07, 6.45) is 3.07. The molecule has 2 fully saturated rings. The fourth-order valence-corrected chi connectivity index (χ4v) is 4.03. The van der Waals surface area contributed by atoms with E-state index < -0.39 is 5.60 Å². The molecule has 4 rings (SSSR count). The van der Waals surface area contributed by atoms with Crippen molar-refractivity contribution in [2.75, 3.05) is 0 Å². The Labute approximate surface area is 136 Å². The van der Waals surface area contributed by atoms with Gasteiger partial charge in [-0.25, -0.2) is 9.78 Å². The van der Waals surface area contributed by atoms with Gasteiger partial charge in [0.05, 0.1) is 17.1 Å². The Hall–Kier alpha value is -2.04. The maximum absolute atomic E-state index is 12.7. The maximum Gasteiger partial charge on any atom is 0.411 e. The van der Waals surface area contributed by atoms with Crippen LogP contribution in [0.25, 0.3) is 11.0 Å². The number of fused-ring (bicyclic) bond motifs is 3. The quantitative estimate of drug-likeness (QED) is 0.865. The van der Waals surface area contributed by atoms with Crippen LogP contribution in [0.3, 0.4) is 0 Å². The molecule has 1 amide bonds. The number of imidazole rings is 1. The lowest BCUT2D eigenvalue weighted by Crippen LogP contribution is -2.43. The summed E-state index contributed by atoms with van der Waals surface area (Å²) in [5, 5.41) is 0.